The van der Waals surface area contributed by atoms with Crippen LogP contribution < -0.4 is 21.7 Å². The van der Waals surface area contributed by atoms with Crippen LogP contribution in [0, 0.1) is 13.8 Å². The van der Waals surface area contributed by atoms with E-state index in [1.807, 2.05) is 74.5 Å². The van der Waals surface area contributed by atoms with Crippen LogP contribution in [0.5, 0.6) is 5.75 Å². The Bertz CT molecular complexity index is 1310. The Hall–Kier alpha value is -4.37. The van der Waals surface area contributed by atoms with E-state index in [1.54, 1.807) is 26.0 Å². The zero-order valence-electron chi connectivity index (χ0n) is 24.1. The summed E-state index contributed by atoms with van der Waals surface area (Å²) >= 11 is 0. The first-order chi connectivity index (χ1) is 19.4. The van der Waals surface area contributed by atoms with Crippen molar-refractivity contribution in [3.05, 3.63) is 101 Å². The van der Waals surface area contributed by atoms with E-state index in [-0.39, 0.29) is 31.2 Å². The lowest BCUT2D eigenvalue weighted by molar-refractivity contribution is -0.126. The first kappa shape index (κ1) is 31.2. The molecular formula is C32H40N4O5. The Labute approximate surface area is 241 Å². The number of carbonyl (C=O) groups is 3. The monoisotopic (exact) mass is 560 g/mol. The van der Waals surface area contributed by atoms with Crippen LogP contribution >= 0.6 is 0 Å². The lowest BCUT2D eigenvalue weighted by Crippen LogP contribution is -2.58. The predicted octanol–water partition coefficient (Wildman–Crippen LogP) is 3.43. The van der Waals surface area contributed by atoms with Gasteiger partial charge in [0.1, 0.15) is 18.4 Å². The lowest BCUT2D eigenvalue weighted by atomic mass is 9.95. The SMILES string of the molecule is Cc1cc(O)cc(C)c1CC(N)C(=O)NC(C)(C)CNC(=O)C(Cc1ccccc1)NC(=O)OCc1ccccc1. The highest BCUT2D eigenvalue weighted by Gasteiger charge is 2.28. The number of rotatable bonds is 12. The molecule has 0 spiro atoms. The van der Waals surface area contributed by atoms with E-state index in [4.69, 9.17) is 10.5 Å². The summed E-state index contributed by atoms with van der Waals surface area (Å²) in [7, 11) is 0. The van der Waals surface area contributed by atoms with Gasteiger partial charge in [0.05, 0.1) is 11.6 Å². The minimum Gasteiger partial charge on any atom is -0.508 e. The summed E-state index contributed by atoms with van der Waals surface area (Å²) in [6.07, 6.45) is -0.139. The van der Waals surface area contributed by atoms with Gasteiger partial charge in [0.25, 0.3) is 0 Å². The maximum atomic E-state index is 13.2. The second-order valence-electron chi connectivity index (χ2n) is 10.9. The molecule has 2 unspecified atom stereocenters. The molecule has 0 aliphatic heterocycles. The van der Waals surface area contributed by atoms with Gasteiger partial charge >= 0.3 is 6.09 Å². The molecule has 0 aliphatic carbocycles. The van der Waals surface area contributed by atoms with Crippen molar-refractivity contribution in [1.29, 1.82) is 0 Å². The van der Waals surface area contributed by atoms with Gasteiger partial charge in [-0.1, -0.05) is 60.7 Å². The Kier molecular flexibility index (Phi) is 10.9. The van der Waals surface area contributed by atoms with Gasteiger partial charge in [0.2, 0.25) is 11.8 Å². The van der Waals surface area contributed by atoms with Crippen LogP contribution in [-0.4, -0.2) is 47.2 Å². The van der Waals surface area contributed by atoms with Gasteiger partial charge in [-0.2, -0.15) is 0 Å². The van der Waals surface area contributed by atoms with Gasteiger partial charge in [-0.05, 0) is 74.1 Å². The average Bonchev–Trinajstić information content (AvgIpc) is 2.93. The average molecular weight is 561 g/mol. The van der Waals surface area contributed by atoms with Crippen molar-refractivity contribution < 1.29 is 24.2 Å². The Morgan fingerprint density at radius 3 is 2.02 bits per heavy atom. The molecular weight excluding hydrogens is 520 g/mol. The molecule has 9 heteroatoms. The topological polar surface area (TPSA) is 143 Å². The summed E-state index contributed by atoms with van der Waals surface area (Å²) in [5.74, 6) is -0.602. The van der Waals surface area contributed by atoms with Crippen molar-refractivity contribution in [3.8, 4) is 5.75 Å². The van der Waals surface area contributed by atoms with Crippen molar-refractivity contribution in [2.24, 2.45) is 5.73 Å². The Morgan fingerprint density at radius 2 is 1.44 bits per heavy atom. The van der Waals surface area contributed by atoms with Gasteiger partial charge in [-0.25, -0.2) is 4.79 Å². The van der Waals surface area contributed by atoms with Crippen molar-refractivity contribution in [2.75, 3.05) is 6.54 Å². The van der Waals surface area contributed by atoms with E-state index < -0.39 is 29.6 Å². The number of benzene rings is 3. The standard InChI is InChI=1S/C32H40N4O5/c1-21-15-25(37)16-22(2)26(21)18-27(33)29(38)36-32(3,4)20-34-30(39)28(17-23-11-7-5-8-12-23)35-31(40)41-19-24-13-9-6-10-14-24/h5-16,27-28,37H,17-20,33H2,1-4H3,(H,34,39)(H,35,40)(H,36,38). The number of nitrogens with two attached hydrogens (primary N) is 1. The maximum Gasteiger partial charge on any atom is 0.408 e. The molecule has 3 aromatic rings. The zero-order chi connectivity index (χ0) is 30.0. The van der Waals surface area contributed by atoms with Crippen molar-refractivity contribution in [3.63, 3.8) is 0 Å². The van der Waals surface area contributed by atoms with Gasteiger partial charge in [-0.3, -0.25) is 9.59 Å². The van der Waals surface area contributed by atoms with Crippen molar-refractivity contribution >= 4 is 17.9 Å². The summed E-state index contributed by atoms with van der Waals surface area (Å²) in [5.41, 5.74) is 9.72. The Morgan fingerprint density at radius 1 is 0.878 bits per heavy atom. The third-order valence-electron chi connectivity index (χ3n) is 6.71. The number of carbonyl (C=O) groups excluding carboxylic acids is 3. The fourth-order valence-corrected chi connectivity index (χ4v) is 4.47. The largest absolute Gasteiger partial charge is 0.508 e. The quantitative estimate of drug-likeness (QED) is 0.230. The van der Waals surface area contributed by atoms with E-state index in [1.165, 1.54) is 0 Å². The third kappa shape index (κ3) is 9.95. The summed E-state index contributed by atoms with van der Waals surface area (Å²) in [6, 6.07) is 20.2. The summed E-state index contributed by atoms with van der Waals surface area (Å²) in [5, 5.41) is 18.2. The van der Waals surface area contributed by atoms with Crippen LogP contribution in [0.2, 0.25) is 0 Å². The summed E-state index contributed by atoms with van der Waals surface area (Å²) in [4.78, 5) is 38.7. The highest BCUT2D eigenvalue weighted by Crippen LogP contribution is 2.22. The molecule has 0 heterocycles. The summed E-state index contributed by atoms with van der Waals surface area (Å²) < 4.78 is 5.33. The number of alkyl carbamates (subject to hydrolysis) is 1. The smallest absolute Gasteiger partial charge is 0.408 e. The zero-order valence-corrected chi connectivity index (χ0v) is 24.1. The molecule has 3 amide bonds. The number of nitrogens with one attached hydrogen (secondary N) is 3. The van der Waals surface area contributed by atoms with Gasteiger partial charge < -0.3 is 31.5 Å². The summed E-state index contributed by atoms with van der Waals surface area (Å²) in [6.45, 7) is 7.47. The molecule has 0 aliphatic rings. The van der Waals surface area contributed by atoms with Crippen LogP contribution in [0.1, 0.15) is 41.7 Å². The number of amides is 3. The molecule has 3 aromatic carbocycles. The first-order valence-electron chi connectivity index (χ1n) is 13.6. The number of phenols is 1. The van der Waals surface area contributed by atoms with Crippen molar-refractivity contribution in [1.82, 2.24) is 16.0 Å². The van der Waals surface area contributed by atoms with E-state index in [2.05, 4.69) is 16.0 Å². The predicted molar refractivity (Wildman–Crippen MR) is 158 cm³/mol. The molecule has 0 saturated heterocycles. The fraction of sp³-hybridized carbons (Fsp3) is 0.344. The molecule has 0 radical (unpaired) electrons. The van der Waals surface area contributed by atoms with Crippen LogP contribution in [-0.2, 0) is 33.8 Å². The van der Waals surface area contributed by atoms with Crippen LogP contribution in [0.4, 0.5) is 4.79 Å². The number of phenolic OH excluding ortho intramolecular Hbond substituents is 1. The van der Waals surface area contributed by atoms with Gasteiger partial charge in [-0.15, -0.1) is 0 Å². The second kappa shape index (κ2) is 14.3. The molecule has 2 atom stereocenters. The molecule has 9 nitrogen and oxygen atoms in total. The highest BCUT2D eigenvalue weighted by molar-refractivity contribution is 5.86. The number of aryl methyl sites for hydroxylation is 2. The number of hydrogen-bond donors (Lipinski definition) is 5. The molecule has 6 N–H and O–H groups in total. The molecule has 0 saturated carbocycles. The number of aromatic hydroxyl groups is 1. The normalized spacial score (nSPS) is 12.6. The van der Waals surface area contributed by atoms with E-state index in [0.717, 1.165) is 27.8 Å². The highest BCUT2D eigenvalue weighted by atomic mass is 16.5. The maximum absolute atomic E-state index is 13.2. The lowest BCUT2D eigenvalue weighted by Gasteiger charge is -2.29. The molecule has 0 fully saturated rings. The van der Waals surface area contributed by atoms with E-state index in [9.17, 15) is 19.5 Å². The number of ether oxygens (including phenoxy) is 1. The van der Waals surface area contributed by atoms with Crippen molar-refractivity contribution in [2.45, 2.75) is 64.8 Å². The first-order valence-corrected chi connectivity index (χ1v) is 13.6. The van der Waals surface area contributed by atoms with Gasteiger partial charge in [0.15, 0.2) is 0 Å². The molecule has 3 rings (SSSR count). The molecule has 0 bridgehead atoms. The minimum atomic E-state index is -0.894. The minimum absolute atomic E-state index is 0.0782. The van der Waals surface area contributed by atoms with E-state index in [0.29, 0.717) is 6.42 Å². The fourth-order valence-electron chi connectivity index (χ4n) is 4.47. The third-order valence-corrected chi connectivity index (χ3v) is 6.71. The van der Waals surface area contributed by atoms with Crippen LogP contribution in [0.25, 0.3) is 0 Å². The molecule has 41 heavy (non-hydrogen) atoms. The van der Waals surface area contributed by atoms with E-state index >= 15 is 0 Å². The number of hydrogen-bond acceptors (Lipinski definition) is 6. The molecule has 218 valence electrons. The second-order valence-corrected chi connectivity index (χ2v) is 10.9. The Balaban J connectivity index is 1.58. The molecule has 0 aromatic heterocycles. The van der Waals surface area contributed by atoms with Gasteiger partial charge in [0, 0.05) is 13.0 Å². The van der Waals surface area contributed by atoms with Crippen LogP contribution in [0.15, 0.2) is 72.8 Å². The van der Waals surface area contributed by atoms with Crippen LogP contribution in [0.3, 0.4) is 0 Å².